The maximum atomic E-state index is 12.4. The second-order valence-electron chi connectivity index (χ2n) is 2.84. The van der Waals surface area contributed by atoms with E-state index in [9.17, 15) is 8.78 Å². The van der Waals surface area contributed by atoms with E-state index in [1.807, 2.05) is 6.92 Å². The van der Waals surface area contributed by atoms with Crippen molar-refractivity contribution in [3.8, 4) is 0 Å². The Labute approximate surface area is 84.3 Å². The standard InChI is InChI=1S/C9H10BrF2N/c1-5-7(4-10)3-8(9(11)12)6(2)13-5/h3,9H,4H2,1-2H3. The van der Waals surface area contributed by atoms with Gasteiger partial charge in [-0.25, -0.2) is 8.78 Å². The van der Waals surface area contributed by atoms with E-state index >= 15 is 0 Å². The van der Waals surface area contributed by atoms with Gasteiger partial charge in [-0.3, -0.25) is 4.98 Å². The molecule has 0 spiro atoms. The Morgan fingerprint density at radius 1 is 1.38 bits per heavy atom. The minimum absolute atomic E-state index is 0.0278. The summed E-state index contributed by atoms with van der Waals surface area (Å²) in [6.07, 6.45) is -2.44. The van der Waals surface area contributed by atoms with E-state index in [2.05, 4.69) is 20.9 Å². The van der Waals surface area contributed by atoms with E-state index in [1.54, 1.807) is 6.92 Å². The molecule has 1 aromatic rings. The second kappa shape index (κ2) is 4.13. The topological polar surface area (TPSA) is 12.9 Å². The normalized spacial score (nSPS) is 10.9. The van der Waals surface area contributed by atoms with Crippen molar-refractivity contribution in [1.29, 1.82) is 0 Å². The molecule has 1 aromatic heterocycles. The third kappa shape index (κ3) is 2.24. The molecule has 0 amide bonds. The number of pyridine rings is 1. The molecule has 1 nitrogen and oxygen atoms in total. The minimum Gasteiger partial charge on any atom is -0.258 e. The number of halogens is 3. The van der Waals surface area contributed by atoms with Gasteiger partial charge in [0.05, 0.1) is 0 Å². The first-order chi connectivity index (χ1) is 6.06. The fourth-order valence-corrected chi connectivity index (χ4v) is 1.71. The van der Waals surface area contributed by atoms with E-state index < -0.39 is 6.43 Å². The highest BCUT2D eigenvalue weighted by Crippen LogP contribution is 2.24. The lowest BCUT2D eigenvalue weighted by molar-refractivity contribution is 0.150. The lowest BCUT2D eigenvalue weighted by atomic mass is 10.1. The number of hydrogen-bond donors (Lipinski definition) is 0. The van der Waals surface area contributed by atoms with Gasteiger partial charge in [0.25, 0.3) is 6.43 Å². The van der Waals surface area contributed by atoms with Gasteiger partial charge in [0.2, 0.25) is 0 Å². The molecular weight excluding hydrogens is 240 g/mol. The third-order valence-corrected chi connectivity index (χ3v) is 2.53. The number of aromatic nitrogens is 1. The van der Waals surface area contributed by atoms with Crippen LogP contribution in [0.1, 0.15) is 28.9 Å². The molecule has 0 aliphatic rings. The van der Waals surface area contributed by atoms with Crippen LogP contribution in [-0.2, 0) is 5.33 Å². The maximum absolute atomic E-state index is 12.4. The van der Waals surface area contributed by atoms with Crippen LogP contribution in [0.3, 0.4) is 0 Å². The molecule has 1 heterocycles. The molecule has 13 heavy (non-hydrogen) atoms. The van der Waals surface area contributed by atoms with Gasteiger partial charge in [-0.05, 0) is 25.5 Å². The average molecular weight is 250 g/mol. The summed E-state index contributed by atoms with van der Waals surface area (Å²) in [6, 6.07) is 1.51. The van der Waals surface area contributed by atoms with Crippen molar-refractivity contribution in [1.82, 2.24) is 4.98 Å². The van der Waals surface area contributed by atoms with Gasteiger partial charge in [0.1, 0.15) is 0 Å². The molecular formula is C9H10BrF2N. The minimum atomic E-state index is -2.44. The summed E-state index contributed by atoms with van der Waals surface area (Å²) >= 11 is 3.23. The highest BCUT2D eigenvalue weighted by atomic mass is 79.9. The second-order valence-corrected chi connectivity index (χ2v) is 3.40. The van der Waals surface area contributed by atoms with Crippen LogP contribution >= 0.6 is 15.9 Å². The molecule has 0 atom stereocenters. The highest BCUT2D eigenvalue weighted by Gasteiger charge is 2.13. The molecule has 1 rings (SSSR count). The molecule has 0 saturated heterocycles. The Bertz CT molecular complexity index is 313. The van der Waals surface area contributed by atoms with Gasteiger partial charge in [-0.1, -0.05) is 15.9 Å². The molecule has 0 radical (unpaired) electrons. The molecule has 0 aliphatic carbocycles. The first kappa shape index (κ1) is 10.6. The molecule has 0 fully saturated rings. The smallest absolute Gasteiger partial charge is 0.258 e. The fourth-order valence-electron chi connectivity index (χ4n) is 1.14. The number of alkyl halides is 3. The van der Waals surface area contributed by atoms with Crippen molar-refractivity contribution in [3.05, 3.63) is 28.6 Å². The Morgan fingerprint density at radius 3 is 2.46 bits per heavy atom. The Kier molecular flexibility index (Phi) is 3.36. The van der Waals surface area contributed by atoms with Crippen LogP contribution in [0, 0.1) is 13.8 Å². The monoisotopic (exact) mass is 249 g/mol. The van der Waals surface area contributed by atoms with Gasteiger partial charge in [-0.15, -0.1) is 0 Å². The maximum Gasteiger partial charge on any atom is 0.265 e. The predicted molar refractivity (Wildman–Crippen MR) is 51.3 cm³/mol. The Balaban J connectivity index is 3.22. The summed E-state index contributed by atoms with van der Waals surface area (Å²) in [6.45, 7) is 3.42. The Morgan fingerprint density at radius 2 is 2.00 bits per heavy atom. The summed E-state index contributed by atoms with van der Waals surface area (Å²) in [7, 11) is 0. The lowest BCUT2D eigenvalue weighted by Crippen LogP contribution is -1.99. The van der Waals surface area contributed by atoms with Gasteiger partial charge < -0.3 is 0 Å². The van der Waals surface area contributed by atoms with E-state index in [0.717, 1.165) is 11.3 Å². The SMILES string of the molecule is Cc1nc(C)c(C(F)F)cc1CBr. The zero-order valence-corrected chi connectivity index (χ0v) is 9.03. The van der Waals surface area contributed by atoms with Crippen LogP contribution in [-0.4, -0.2) is 4.98 Å². The summed E-state index contributed by atoms with van der Waals surface area (Å²) in [5.74, 6) is 0. The average Bonchev–Trinajstić information content (AvgIpc) is 2.03. The summed E-state index contributed by atoms with van der Waals surface area (Å²) < 4.78 is 24.8. The zero-order valence-electron chi connectivity index (χ0n) is 7.44. The van der Waals surface area contributed by atoms with E-state index in [-0.39, 0.29) is 5.56 Å². The Hall–Kier alpha value is -0.510. The molecule has 0 aromatic carbocycles. The van der Waals surface area contributed by atoms with E-state index in [4.69, 9.17) is 0 Å². The lowest BCUT2D eigenvalue weighted by Gasteiger charge is -2.08. The van der Waals surface area contributed by atoms with Gasteiger partial charge in [-0.2, -0.15) is 0 Å². The first-order valence-electron chi connectivity index (χ1n) is 3.87. The van der Waals surface area contributed by atoms with Crippen molar-refractivity contribution in [2.45, 2.75) is 25.6 Å². The van der Waals surface area contributed by atoms with E-state index in [0.29, 0.717) is 11.0 Å². The summed E-state index contributed by atoms with van der Waals surface area (Å²) in [5.41, 5.74) is 2.07. The molecule has 4 heteroatoms. The molecule has 0 saturated carbocycles. The van der Waals surface area contributed by atoms with E-state index in [1.165, 1.54) is 6.07 Å². The quantitative estimate of drug-likeness (QED) is 0.731. The molecule has 0 unspecified atom stereocenters. The van der Waals surface area contributed by atoms with Gasteiger partial charge in [0, 0.05) is 22.3 Å². The van der Waals surface area contributed by atoms with Crippen LogP contribution in [0.5, 0.6) is 0 Å². The molecule has 0 N–H and O–H groups in total. The highest BCUT2D eigenvalue weighted by molar-refractivity contribution is 9.08. The van der Waals surface area contributed by atoms with Gasteiger partial charge in [0.15, 0.2) is 0 Å². The first-order valence-corrected chi connectivity index (χ1v) is 4.99. The third-order valence-electron chi connectivity index (χ3n) is 1.93. The van der Waals surface area contributed by atoms with Gasteiger partial charge >= 0.3 is 0 Å². The molecule has 0 bridgehead atoms. The van der Waals surface area contributed by atoms with Crippen molar-refractivity contribution in [2.75, 3.05) is 0 Å². The van der Waals surface area contributed by atoms with Crippen molar-refractivity contribution < 1.29 is 8.78 Å². The van der Waals surface area contributed by atoms with Crippen LogP contribution in [0.25, 0.3) is 0 Å². The van der Waals surface area contributed by atoms with Crippen LogP contribution in [0.15, 0.2) is 6.07 Å². The fraction of sp³-hybridized carbons (Fsp3) is 0.444. The zero-order chi connectivity index (χ0) is 10.0. The van der Waals surface area contributed by atoms with Crippen molar-refractivity contribution >= 4 is 15.9 Å². The van der Waals surface area contributed by atoms with Crippen LogP contribution < -0.4 is 0 Å². The van der Waals surface area contributed by atoms with Crippen LogP contribution in [0.2, 0.25) is 0 Å². The predicted octanol–water partition coefficient (Wildman–Crippen LogP) is 3.53. The summed E-state index contributed by atoms with van der Waals surface area (Å²) in [4.78, 5) is 4.06. The van der Waals surface area contributed by atoms with Crippen molar-refractivity contribution in [3.63, 3.8) is 0 Å². The number of nitrogens with zero attached hydrogens (tertiary/aromatic N) is 1. The number of hydrogen-bond acceptors (Lipinski definition) is 1. The summed E-state index contributed by atoms with van der Waals surface area (Å²) in [5, 5.41) is 0.561. The largest absolute Gasteiger partial charge is 0.265 e. The van der Waals surface area contributed by atoms with Crippen molar-refractivity contribution in [2.24, 2.45) is 0 Å². The number of rotatable bonds is 2. The number of aryl methyl sites for hydroxylation is 2. The van der Waals surface area contributed by atoms with Crippen LogP contribution in [0.4, 0.5) is 8.78 Å². The molecule has 72 valence electrons. The molecule has 0 aliphatic heterocycles.